The molecule has 2 amide bonds. The zero-order valence-electron chi connectivity index (χ0n) is 18.8. The SMILES string of the molecule is CCN(CC)CCOc1ccccc1NC(=O)c1ccc2c(c1)S(=O)(=O)N(C(C)C)C2=O. The van der Waals surface area contributed by atoms with Crippen LogP contribution >= 0.6 is 0 Å². The Hall–Kier alpha value is -2.91. The molecule has 1 aliphatic rings. The summed E-state index contributed by atoms with van der Waals surface area (Å²) in [5.74, 6) is -0.532. The second-order valence-corrected chi connectivity index (χ2v) is 9.52. The molecule has 1 aliphatic heterocycles. The van der Waals surface area contributed by atoms with Gasteiger partial charge < -0.3 is 15.0 Å². The lowest BCUT2D eigenvalue weighted by molar-refractivity contribution is 0.0846. The highest BCUT2D eigenvalue weighted by Gasteiger charge is 2.42. The maximum Gasteiger partial charge on any atom is 0.269 e. The van der Waals surface area contributed by atoms with Gasteiger partial charge in [-0.3, -0.25) is 9.59 Å². The molecule has 0 spiro atoms. The minimum atomic E-state index is -3.98. The number of rotatable bonds is 9. The van der Waals surface area contributed by atoms with Gasteiger partial charge in [0.2, 0.25) is 0 Å². The molecule has 0 atom stereocenters. The first kappa shape index (κ1) is 23.7. The van der Waals surface area contributed by atoms with Crippen LogP contribution in [0, 0.1) is 0 Å². The number of sulfonamides is 1. The van der Waals surface area contributed by atoms with Crippen molar-refractivity contribution in [1.29, 1.82) is 0 Å². The zero-order valence-corrected chi connectivity index (χ0v) is 19.6. The smallest absolute Gasteiger partial charge is 0.269 e. The predicted octanol–water partition coefficient (Wildman–Crippen LogP) is 3.21. The van der Waals surface area contributed by atoms with Crippen molar-refractivity contribution in [2.24, 2.45) is 0 Å². The number of benzene rings is 2. The lowest BCUT2D eigenvalue weighted by atomic mass is 10.1. The van der Waals surface area contributed by atoms with E-state index in [1.807, 2.05) is 6.07 Å². The first-order chi connectivity index (χ1) is 15.2. The third-order valence-electron chi connectivity index (χ3n) is 5.38. The highest BCUT2D eigenvalue weighted by Crippen LogP contribution is 2.33. The summed E-state index contributed by atoms with van der Waals surface area (Å²) >= 11 is 0. The van der Waals surface area contributed by atoms with Crippen molar-refractivity contribution in [3.63, 3.8) is 0 Å². The molecule has 0 saturated heterocycles. The van der Waals surface area contributed by atoms with Gasteiger partial charge in [-0.25, -0.2) is 12.7 Å². The topological polar surface area (TPSA) is 96.0 Å². The van der Waals surface area contributed by atoms with Gasteiger partial charge in [-0.2, -0.15) is 0 Å². The Balaban J connectivity index is 1.79. The number of anilines is 1. The lowest BCUT2D eigenvalue weighted by Gasteiger charge is -2.19. The maximum absolute atomic E-state index is 12.9. The number of ether oxygens (including phenoxy) is 1. The highest BCUT2D eigenvalue weighted by atomic mass is 32.2. The van der Waals surface area contributed by atoms with Crippen molar-refractivity contribution in [2.45, 2.75) is 38.6 Å². The molecule has 0 aromatic heterocycles. The maximum atomic E-state index is 12.9. The number of carbonyl (C=O) groups excluding carboxylic acids is 2. The second-order valence-electron chi connectivity index (χ2n) is 7.74. The van der Waals surface area contributed by atoms with Gasteiger partial charge in [0.05, 0.1) is 11.3 Å². The monoisotopic (exact) mass is 459 g/mol. The molecule has 0 aliphatic carbocycles. The molecule has 0 saturated carbocycles. The quantitative estimate of drug-likeness (QED) is 0.619. The van der Waals surface area contributed by atoms with Crippen molar-refractivity contribution >= 4 is 27.5 Å². The second kappa shape index (κ2) is 9.70. The van der Waals surface area contributed by atoms with Crippen molar-refractivity contribution < 1.29 is 22.7 Å². The van der Waals surface area contributed by atoms with Crippen LogP contribution in [0.3, 0.4) is 0 Å². The molecule has 2 aromatic carbocycles. The molecule has 0 bridgehead atoms. The average molecular weight is 460 g/mol. The van der Waals surface area contributed by atoms with E-state index in [0.29, 0.717) is 18.0 Å². The van der Waals surface area contributed by atoms with E-state index < -0.39 is 27.9 Å². The first-order valence-electron chi connectivity index (χ1n) is 10.7. The van der Waals surface area contributed by atoms with Crippen LogP contribution in [0.15, 0.2) is 47.4 Å². The zero-order chi connectivity index (χ0) is 23.5. The minimum Gasteiger partial charge on any atom is -0.490 e. The van der Waals surface area contributed by atoms with Gasteiger partial charge in [0.1, 0.15) is 17.3 Å². The van der Waals surface area contributed by atoms with E-state index in [1.165, 1.54) is 18.2 Å². The highest BCUT2D eigenvalue weighted by molar-refractivity contribution is 7.90. The molecule has 8 nitrogen and oxygen atoms in total. The van der Waals surface area contributed by atoms with Gasteiger partial charge in [0.15, 0.2) is 0 Å². The van der Waals surface area contributed by atoms with Crippen LogP contribution < -0.4 is 10.1 Å². The number of hydrogen-bond donors (Lipinski definition) is 1. The molecule has 3 rings (SSSR count). The van der Waals surface area contributed by atoms with Crippen LogP contribution in [0.1, 0.15) is 48.4 Å². The molecule has 172 valence electrons. The fourth-order valence-electron chi connectivity index (χ4n) is 3.61. The average Bonchev–Trinajstić information content (AvgIpc) is 2.97. The molecule has 32 heavy (non-hydrogen) atoms. The summed E-state index contributed by atoms with van der Waals surface area (Å²) in [6.45, 7) is 10.5. The Morgan fingerprint density at radius 1 is 1.12 bits per heavy atom. The summed E-state index contributed by atoms with van der Waals surface area (Å²) in [5.41, 5.74) is 0.708. The molecular formula is C23H29N3O5S. The van der Waals surface area contributed by atoms with Crippen LogP contribution in [0.4, 0.5) is 5.69 Å². The molecule has 9 heteroatoms. The normalized spacial score (nSPS) is 14.7. The van der Waals surface area contributed by atoms with E-state index in [1.54, 1.807) is 32.0 Å². The predicted molar refractivity (Wildman–Crippen MR) is 123 cm³/mol. The van der Waals surface area contributed by atoms with Crippen molar-refractivity contribution in [1.82, 2.24) is 9.21 Å². The summed E-state index contributed by atoms with van der Waals surface area (Å²) in [4.78, 5) is 27.5. The van der Waals surface area contributed by atoms with E-state index in [0.717, 1.165) is 23.9 Å². The van der Waals surface area contributed by atoms with Crippen LogP contribution in [-0.2, 0) is 10.0 Å². The Morgan fingerprint density at radius 2 is 1.81 bits per heavy atom. The van der Waals surface area contributed by atoms with E-state index in [9.17, 15) is 18.0 Å². The number of amides is 2. The van der Waals surface area contributed by atoms with E-state index in [-0.39, 0.29) is 16.0 Å². The number of nitrogens with zero attached hydrogens (tertiary/aromatic N) is 2. The van der Waals surface area contributed by atoms with Gasteiger partial charge in [-0.15, -0.1) is 0 Å². The Bertz CT molecular complexity index is 1110. The Morgan fingerprint density at radius 3 is 2.47 bits per heavy atom. The first-order valence-corrected chi connectivity index (χ1v) is 12.1. The van der Waals surface area contributed by atoms with Crippen molar-refractivity contribution in [3.8, 4) is 5.75 Å². The molecular weight excluding hydrogens is 430 g/mol. The minimum absolute atomic E-state index is 0.0791. The number of para-hydroxylation sites is 2. The van der Waals surface area contributed by atoms with Crippen LogP contribution in [0.2, 0.25) is 0 Å². The summed E-state index contributed by atoms with van der Waals surface area (Å²) in [6, 6.07) is 10.7. The van der Waals surface area contributed by atoms with Gasteiger partial charge in [-0.1, -0.05) is 26.0 Å². The standard InChI is InChI=1S/C23H29N3O5S/c1-5-25(6-2)13-14-31-20-10-8-7-9-19(20)24-22(27)17-11-12-18-21(15-17)32(29,30)26(16(3)4)23(18)28/h7-12,15-16H,5-6,13-14H2,1-4H3,(H,24,27). The van der Waals surface area contributed by atoms with Crippen LogP contribution in [-0.4, -0.2) is 61.7 Å². The fraction of sp³-hybridized carbons (Fsp3) is 0.391. The third-order valence-corrected chi connectivity index (χ3v) is 7.37. The lowest BCUT2D eigenvalue weighted by Crippen LogP contribution is -2.36. The van der Waals surface area contributed by atoms with Gasteiger partial charge >= 0.3 is 0 Å². The largest absolute Gasteiger partial charge is 0.490 e. The number of nitrogens with one attached hydrogen (secondary N) is 1. The number of hydrogen-bond acceptors (Lipinski definition) is 6. The van der Waals surface area contributed by atoms with Crippen LogP contribution in [0.5, 0.6) is 5.75 Å². The third kappa shape index (κ3) is 4.63. The molecule has 0 fully saturated rings. The Labute approximate surface area is 189 Å². The fourth-order valence-corrected chi connectivity index (χ4v) is 5.41. The molecule has 1 N–H and O–H groups in total. The molecule has 0 unspecified atom stereocenters. The molecule has 2 aromatic rings. The van der Waals surface area contributed by atoms with Gasteiger partial charge in [0.25, 0.3) is 21.8 Å². The number of carbonyl (C=O) groups is 2. The summed E-state index contributed by atoms with van der Waals surface area (Å²) in [6.07, 6.45) is 0. The van der Waals surface area contributed by atoms with Crippen molar-refractivity contribution in [3.05, 3.63) is 53.6 Å². The van der Waals surface area contributed by atoms with E-state index in [2.05, 4.69) is 24.1 Å². The van der Waals surface area contributed by atoms with Crippen LogP contribution in [0.25, 0.3) is 0 Å². The number of likely N-dealkylation sites (N-methyl/N-ethyl adjacent to an activating group) is 1. The summed E-state index contributed by atoms with van der Waals surface area (Å²) in [5, 5.41) is 2.79. The Kier molecular flexibility index (Phi) is 7.20. The molecule has 0 radical (unpaired) electrons. The van der Waals surface area contributed by atoms with E-state index >= 15 is 0 Å². The van der Waals surface area contributed by atoms with E-state index in [4.69, 9.17) is 4.74 Å². The summed E-state index contributed by atoms with van der Waals surface area (Å²) < 4.78 is 32.3. The van der Waals surface area contributed by atoms with Crippen molar-refractivity contribution in [2.75, 3.05) is 31.6 Å². The van der Waals surface area contributed by atoms with Gasteiger partial charge in [0, 0.05) is 18.2 Å². The van der Waals surface area contributed by atoms with Gasteiger partial charge in [-0.05, 0) is 57.3 Å². The molecule has 1 heterocycles. The number of fused-ring (bicyclic) bond motifs is 1. The summed E-state index contributed by atoms with van der Waals surface area (Å²) in [7, 11) is -3.98.